The van der Waals surface area contributed by atoms with E-state index in [-0.39, 0.29) is 34.2 Å². The van der Waals surface area contributed by atoms with Crippen molar-refractivity contribution in [3.8, 4) is 6.07 Å². The van der Waals surface area contributed by atoms with Gasteiger partial charge in [-0.3, -0.25) is 9.59 Å². The van der Waals surface area contributed by atoms with E-state index in [1.165, 1.54) is 6.08 Å². The fourth-order valence-electron chi connectivity index (χ4n) is 3.66. The molecule has 5 heteroatoms. The topological polar surface area (TPSA) is 82.5 Å². The molecule has 146 valence electrons. The highest BCUT2D eigenvalue weighted by Gasteiger charge is 2.31. The smallest absolute Gasteiger partial charge is 0.270 e. The number of nitrogens with zero attached hydrogens (tertiary/aromatic N) is 2. The maximum atomic E-state index is 12.8. The van der Waals surface area contributed by atoms with Crippen molar-refractivity contribution in [1.82, 2.24) is 0 Å². The van der Waals surface area contributed by atoms with Crippen LogP contribution in [0.2, 0.25) is 0 Å². The zero-order chi connectivity index (χ0) is 22.0. The zero-order valence-electron chi connectivity index (χ0n) is 16.2. The molecule has 0 aromatic heterocycles. The van der Waals surface area contributed by atoms with Crippen LogP contribution < -0.4 is 0 Å². The van der Waals surface area contributed by atoms with Crippen LogP contribution in [-0.4, -0.2) is 16.7 Å². The minimum atomic E-state index is -0.252. The highest BCUT2D eigenvalue weighted by atomic mass is 16.3. The van der Waals surface area contributed by atoms with E-state index in [1.54, 1.807) is 72.8 Å². The Morgan fingerprint density at radius 3 is 2.13 bits per heavy atom. The van der Waals surface area contributed by atoms with Crippen molar-refractivity contribution in [2.75, 3.05) is 0 Å². The van der Waals surface area contributed by atoms with Gasteiger partial charge in [-0.25, -0.2) is 10.1 Å². The molecule has 2 aliphatic carbocycles. The first kappa shape index (κ1) is 19.6. The second-order valence-corrected chi connectivity index (χ2v) is 6.78. The van der Waals surface area contributed by atoms with Crippen LogP contribution in [0.25, 0.3) is 16.2 Å². The Balaban J connectivity index is 1.63. The SMILES string of the molecule is [C-]#[N+]C(C#N)=C1C(=C/C=C/C=C/C2=C(O)c3ccccc3C2=O)C(=O)c2ccccc21. The summed E-state index contributed by atoms with van der Waals surface area (Å²) in [5.74, 6) is -0.568. The Kier molecular flexibility index (Phi) is 5.02. The molecule has 0 heterocycles. The Morgan fingerprint density at radius 2 is 1.52 bits per heavy atom. The lowest BCUT2D eigenvalue weighted by molar-refractivity contribution is 0.103. The first-order chi connectivity index (χ1) is 15.1. The Labute approximate surface area is 178 Å². The molecule has 0 fully saturated rings. The predicted octanol–water partition coefficient (Wildman–Crippen LogP) is 5.24. The molecule has 2 aromatic rings. The lowest BCUT2D eigenvalue weighted by Gasteiger charge is -2.00. The van der Waals surface area contributed by atoms with E-state index >= 15 is 0 Å². The number of hydrogen-bond acceptors (Lipinski definition) is 4. The maximum Gasteiger partial charge on any atom is 0.270 e. The van der Waals surface area contributed by atoms with Crippen LogP contribution in [0, 0.1) is 17.9 Å². The Morgan fingerprint density at radius 1 is 0.903 bits per heavy atom. The van der Waals surface area contributed by atoms with Gasteiger partial charge in [0, 0.05) is 27.8 Å². The highest BCUT2D eigenvalue weighted by Crippen LogP contribution is 2.39. The summed E-state index contributed by atoms with van der Waals surface area (Å²) in [6.45, 7) is 7.27. The summed E-state index contributed by atoms with van der Waals surface area (Å²) in [4.78, 5) is 28.5. The molecule has 31 heavy (non-hydrogen) atoms. The summed E-state index contributed by atoms with van der Waals surface area (Å²) >= 11 is 0. The number of Topliss-reactive ketones (excluding diaryl/α,β-unsaturated/α-hetero) is 2. The largest absolute Gasteiger partial charge is 0.507 e. The summed E-state index contributed by atoms with van der Waals surface area (Å²) in [5.41, 5.74) is 2.64. The van der Waals surface area contributed by atoms with E-state index in [4.69, 9.17) is 6.57 Å². The monoisotopic (exact) mass is 402 g/mol. The predicted molar refractivity (Wildman–Crippen MR) is 117 cm³/mol. The van der Waals surface area contributed by atoms with Crippen LogP contribution >= 0.6 is 0 Å². The third-order valence-electron chi connectivity index (χ3n) is 5.08. The molecule has 4 rings (SSSR count). The summed E-state index contributed by atoms with van der Waals surface area (Å²) in [7, 11) is 0. The lowest BCUT2D eigenvalue weighted by atomic mass is 10.0. The van der Waals surface area contributed by atoms with Gasteiger partial charge in [0.1, 0.15) is 5.76 Å². The van der Waals surface area contributed by atoms with Crippen molar-refractivity contribution in [2.45, 2.75) is 0 Å². The average Bonchev–Trinajstić information content (AvgIpc) is 3.21. The summed E-state index contributed by atoms with van der Waals surface area (Å²) in [5, 5.41) is 19.6. The molecule has 0 saturated carbocycles. The average molecular weight is 402 g/mol. The van der Waals surface area contributed by atoms with Gasteiger partial charge < -0.3 is 5.11 Å². The van der Waals surface area contributed by atoms with Gasteiger partial charge in [0.2, 0.25) is 0 Å². The molecule has 0 spiro atoms. The molecule has 5 nitrogen and oxygen atoms in total. The quantitative estimate of drug-likeness (QED) is 0.329. The number of nitriles is 1. The Bertz CT molecular complexity index is 1370. The number of benzene rings is 2. The molecule has 1 N–H and O–H groups in total. The molecule has 0 saturated heterocycles. The second-order valence-electron chi connectivity index (χ2n) is 6.78. The molecule has 0 bridgehead atoms. The van der Waals surface area contributed by atoms with Crippen molar-refractivity contribution in [3.05, 3.63) is 129 Å². The first-order valence-electron chi connectivity index (χ1n) is 9.37. The van der Waals surface area contributed by atoms with Crippen LogP contribution in [0.5, 0.6) is 0 Å². The molecule has 0 radical (unpaired) electrons. The number of fused-ring (bicyclic) bond motifs is 2. The highest BCUT2D eigenvalue weighted by molar-refractivity contribution is 6.27. The minimum absolute atomic E-state index is 0.0639. The van der Waals surface area contributed by atoms with Gasteiger partial charge >= 0.3 is 0 Å². The molecule has 0 aliphatic heterocycles. The van der Waals surface area contributed by atoms with Crippen LogP contribution in [0.15, 0.2) is 95.8 Å². The van der Waals surface area contributed by atoms with Crippen molar-refractivity contribution >= 4 is 22.9 Å². The number of ketones is 2. The number of aliphatic hydroxyl groups excluding tert-OH is 1. The van der Waals surface area contributed by atoms with Crippen LogP contribution in [0.1, 0.15) is 31.8 Å². The number of carbonyl (C=O) groups excluding carboxylic acids is 2. The number of carbonyl (C=O) groups is 2. The van der Waals surface area contributed by atoms with Crippen LogP contribution in [0.4, 0.5) is 0 Å². The lowest BCUT2D eigenvalue weighted by Crippen LogP contribution is -1.95. The van der Waals surface area contributed by atoms with Gasteiger partial charge in [-0.05, 0) is 11.6 Å². The van der Waals surface area contributed by atoms with Crippen molar-refractivity contribution in [1.29, 1.82) is 5.26 Å². The fraction of sp³-hybridized carbons (Fsp3) is 0. The number of rotatable bonds is 3. The normalized spacial score (nSPS) is 17.9. The molecule has 0 atom stereocenters. The van der Waals surface area contributed by atoms with Gasteiger partial charge in [0.25, 0.3) is 5.70 Å². The van der Waals surface area contributed by atoms with Gasteiger partial charge in [0.15, 0.2) is 11.6 Å². The third-order valence-corrected chi connectivity index (χ3v) is 5.08. The summed E-state index contributed by atoms with van der Waals surface area (Å²) < 4.78 is 0. The zero-order valence-corrected chi connectivity index (χ0v) is 16.2. The van der Waals surface area contributed by atoms with Crippen molar-refractivity contribution < 1.29 is 14.7 Å². The van der Waals surface area contributed by atoms with E-state index in [9.17, 15) is 20.0 Å². The van der Waals surface area contributed by atoms with Crippen molar-refractivity contribution in [2.24, 2.45) is 0 Å². The number of hydrogen-bond donors (Lipinski definition) is 1. The van der Waals surface area contributed by atoms with E-state index in [0.717, 1.165) is 0 Å². The first-order valence-corrected chi connectivity index (χ1v) is 9.37. The van der Waals surface area contributed by atoms with E-state index in [2.05, 4.69) is 4.85 Å². The summed E-state index contributed by atoms with van der Waals surface area (Å²) in [6.07, 6.45) is 7.85. The molecular weight excluding hydrogens is 388 g/mol. The second kappa shape index (κ2) is 7.94. The Hall–Kier alpha value is -4.74. The molecular formula is C26H14N2O3. The number of aliphatic hydroxyl groups is 1. The number of allylic oxidation sites excluding steroid dienone is 9. The van der Waals surface area contributed by atoms with E-state index in [0.29, 0.717) is 27.8 Å². The van der Waals surface area contributed by atoms with E-state index < -0.39 is 0 Å². The van der Waals surface area contributed by atoms with Gasteiger partial charge in [0.05, 0.1) is 18.2 Å². The van der Waals surface area contributed by atoms with Gasteiger partial charge in [-0.15, -0.1) is 0 Å². The van der Waals surface area contributed by atoms with Gasteiger partial charge in [-0.1, -0.05) is 72.8 Å². The molecule has 0 unspecified atom stereocenters. The van der Waals surface area contributed by atoms with E-state index in [1.807, 2.05) is 6.07 Å². The van der Waals surface area contributed by atoms with Crippen LogP contribution in [0.3, 0.4) is 0 Å². The molecule has 2 aliphatic rings. The third kappa shape index (κ3) is 3.21. The molecule has 2 aromatic carbocycles. The van der Waals surface area contributed by atoms with Gasteiger partial charge in [-0.2, -0.15) is 0 Å². The minimum Gasteiger partial charge on any atom is -0.507 e. The standard InChI is InChI=1S/C26H14N2O3/c1-28-22(15-27)23-16-9-5-6-10-17(16)24(29)20(23)13-3-2-4-14-21-25(30)18-11-7-8-12-19(18)26(21)31/h2-14,30H/b3-2+,14-4+,20-13?,23-22?. The fourth-order valence-corrected chi connectivity index (χ4v) is 3.66. The van der Waals surface area contributed by atoms with Crippen LogP contribution in [-0.2, 0) is 0 Å². The molecule has 0 amide bonds. The summed E-state index contributed by atoms with van der Waals surface area (Å²) in [6, 6.07) is 15.6. The maximum absolute atomic E-state index is 12.8. The van der Waals surface area contributed by atoms with Crippen molar-refractivity contribution in [3.63, 3.8) is 0 Å².